The topological polar surface area (TPSA) is 94.6 Å². The summed E-state index contributed by atoms with van der Waals surface area (Å²) in [6.45, 7) is 3.61. The predicted molar refractivity (Wildman–Crippen MR) is 115 cm³/mol. The highest BCUT2D eigenvalue weighted by atomic mass is 32.2. The molecular weight excluding hydrogens is 402 g/mol. The summed E-state index contributed by atoms with van der Waals surface area (Å²) in [5, 5.41) is 5.47. The van der Waals surface area contributed by atoms with Gasteiger partial charge in [0.2, 0.25) is 10.0 Å². The lowest BCUT2D eigenvalue weighted by Gasteiger charge is -2.23. The summed E-state index contributed by atoms with van der Waals surface area (Å²) < 4.78 is 27.6. The molecule has 0 bridgehead atoms. The van der Waals surface area contributed by atoms with Gasteiger partial charge >= 0.3 is 6.03 Å². The minimum absolute atomic E-state index is 0.255. The first kappa shape index (κ1) is 20.8. The molecule has 0 spiro atoms. The molecule has 1 unspecified atom stereocenters. The van der Waals surface area contributed by atoms with Gasteiger partial charge in [-0.1, -0.05) is 6.07 Å². The number of pyridine rings is 1. The van der Waals surface area contributed by atoms with Gasteiger partial charge in [0.05, 0.1) is 4.90 Å². The zero-order valence-corrected chi connectivity index (χ0v) is 17.6. The third-order valence-electron chi connectivity index (χ3n) is 5.71. The van der Waals surface area contributed by atoms with Gasteiger partial charge in [-0.25, -0.2) is 13.2 Å². The highest BCUT2D eigenvalue weighted by Crippen LogP contribution is 2.26. The van der Waals surface area contributed by atoms with E-state index in [0.29, 0.717) is 31.4 Å². The molecule has 30 heavy (non-hydrogen) atoms. The van der Waals surface area contributed by atoms with Crippen molar-refractivity contribution < 1.29 is 13.2 Å². The van der Waals surface area contributed by atoms with Crippen LogP contribution in [-0.2, 0) is 16.6 Å². The van der Waals surface area contributed by atoms with Crippen LogP contribution >= 0.6 is 0 Å². The fraction of sp³-hybridized carbons (Fsp3) is 0.429. The van der Waals surface area contributed by atoms with Crippen LogP contribution in [0.1, 0.15) is 24.8 Å². The third-order valence-corrected chi connectivity index (χ3v) is 7.59. The number of sulfonamides is 1. The van der Waals surface area contributed by atoms with Crippen LogP contribution in [0.15, 0.2) is 53.7 Å². The summed E-state index contributed by atoms with van der Waals surface area (Å²) >= 11 is 0. The molecule has 2 saturated heterocycles. The number of amides is 2. The van der Waals surface area contributed by atoms with Crippen LogP contribution in [0.4, 0.5) is 10.5 Å². The first-order valence-electron chi connectivity index (χ1n) is 10.3. The van der Waals surface area contributed by atoms with E-state index in [1.807, 2.05) is 12.1 Å². The lowest BCUT2D eigenvalue weighted by molar-refractivity contribution is 0.251. The molecule has 2 aromatic rings. The van der Waals surface area contributed by atoms with E-state index in [4.69, 9.17) is 0 Å². The normalized spacial score (nSPS) is 20.3. The highest BCUT2D eigenvalue weighted by Gasteiger charge is 2.35. The second-order valence-electron chi connectivity index (χ2n) is 7.74. The lowest BCUT2D eigenvalue weighted by Crippen LogP contribution is -2.37. The van der Waals surface area contributed by atoms with Crippen LogP contribution in [0.25, 0.3) is 0 Å². The van der Waals surface area contributed by atoms with Crippen molar-refractivity contribution in [2.45, 2.75) is 36.7 Å². The van der Waals surface area contributed by atoms with Crippen LogP contribution in [0.3, 0.4) is 0 Å². The predicted octanol–water partition coefficient (Wildman–Crippen LogP) is 2.26. The van der Waals surface area contributed by atoms with Crippen molar-refractivity contribution in [2.75, 3.05) is 31.5 Å². The van der Waals surface area contributed by atoms with Crippen LogP contribution in [0.5, 0.6) is 0 Å². The Hall–Kier alpha value is -2.49. The maximum atomic E-state index is 13.0. The summed E-state index contributed by atoms with van der Waals surface area (Å²) in [6, 6.07) is 9.98. The number of hydrogen-bond donors (Lipinski definition) is 2. The Kier molecular flexibility index (Phi) is 6.31. The number of carbonyl (C=O) groups excluding carboxylic acids is 1. The molecule has 9 heteroatoms. The Balaban J connectivity index is 1.32. The molecular formula is C21H27N5O3S. The van der Waals surface area contributed by atoms with Crippen molar-refractivity contribution in [1.29, 1.82) is 0 Å². The molecule has 2 aliphatic heterocycles. The fourth-order valence-corrected chi connectivity index (χ4v) is 5.55. The van der Waals surface area contributed by atoms with Gasteiger partial charge < -0.3 is 10.6 Å². The second kappa shape index (κ2) is 9.11. The molecule has 160 valence electrons. The molecule has 1 aromatic carbocycles. The molecule has 4 rings (SSSR count). The van der Waals surface area contributed by atoms with Gasteiger partial charge in [-0.15, -0.1) is 0 Å². The molecule has 0 saturated carbocycles. The Morgan fingerprint density at radius 3 is 2.57 bits per heavy atom. The standard InChI is InChI=1S/C21H27N5O3S/c27-21(23-15-17-4-3-10-22-14-17)24-18-5-7-20(8-6-18)30(28,29)26-13-9-19(16-26)25-11-1-2-12-25/h3-8,10,14,19H,1-2,9,11-13,15-16H2,(H2,23,24,27). The van der Waals surface area contributed by atoms with Crippen molar-refractivity contribution >= 4 is 21.7 Å². The van der Waals surface area contributed by atoms with Crippen LogP contribution in [0, 0.1) is 0 Å². The van der Waals surface area contributed by atoms with Gasteiger partial charge in [-0.2, -0.15) is 4.31 Å². The number of nitrogens with one attached hydrogen (secondary N) is 2. The largest absolute Gasteiger partial charge is 0.334 e. The van der Waals surface area contributed by atoms with E-state index in [9.17, 15) is 13.2 Å². The molecule has 2 N–H and O–H groups in total. The van der Waals surface area contributed by atoms with Gasteiger partial charge in [-0.3, -0.25) is 9.88 Å². The van der Waals surface area contributed by atoms with E-state index < -0.39 is 10.0 Å². The maximum Gasteiger partial charge on any atom is 0.319 e. The quantitative estimate of drug-likeness (QED) is 0.735. The van der Waals surface area contributed by atoms with Crippen LogP contribution in [0.2, 0.25) is 0 Å². The zero-order valence-electron chi connectivity index (χ0n) is 16.8. The molecule has 3 heterocycles. The van der Waals surface area contributed by atoms with Gasteiger partial charge in [0, 0.05) is 43.8 Å². The number of rotatable bonds is 6. The first-order chi connectivity index (χ1) is 14.5. The van der Waals surface area contributed by atoms with E-state index >= 15 is 0 Å². The molecule has 0 radical (unpaired) electrons. The fourth-order valence-electron chi connectivity index (χ4n) is 4.05. The average Bonchev–Trinajstić information content (AvgIpc) is 3.45. The zero-order chi connectivity index (χ0) is 21.0. The second-order valence-corrected chi connectivity index (χ2v) is 9.68. The van der Waals surface area contributed by atoms with E-state index in [2.05, 4.69) is 20.5 Å². The highest BCUT2D eigenvalue weighted by molar-refractivity contribution is 7.89. The van der Waals surface area contributed by atoms with Gasteiger partial charge in [0.15, 0.2) is 0 Å². The Labute approximate surface area is 177 Å². The van der Waals surface area contributed by atoms with Crippen LogP contribution in [-0.4, -0.2) is 60.9 Å². The minimum atomic E-state index is -3.52. The number of carbonyl (C=O) groups is 1. The van der Waals surface area contributed by atoms with Crippen molar-refractivity contribution in [3.63, 3.8) is 0 Å². The van der Waals surface area contributed by atoms with E-state index in [-0.39, 0.29) is 10.9 Å². The molecule has 2 fully saturated rings. The van der Waals surface area contributed by atoms with Gasteiger partial charge in [0.1, 0.15) is 0 Å². The maximum absolute atomic E-state index is 13.0. The SMILES string of the molecule is O=C(NCc1cccnc1)Nc1ccc(S(=O)(=O)N2CCC(N3CCCC3)C2)cc1. The van der Waals surface area contributed by atoms with E-state index in [1.54, 1.807) is 41.0 Å². The summed E-state index contributed by atoms with van der Waals surface area (Å²) in [5.41, 5.74) is 1.43. The Morgan fingerprint density at radius 2 is 1.87 bits per heavy atom. The summed E-state index contributed by atoms with van der Waals surface area (Å²) in [7, 11) is -3.52. The number of nitrogens with zero attached hydrogens (tertiary/aromatic N) is 3. The number of aromatic nitrogens is 1. The molecule has 8 nitrogen and oxygen atoms in total. The van der Waals surface area contributed by atoms with Gasteiger partial charge in [0.25, 0.3) is 0 Å². The summed E-state index contributed by atoms with van der Waals surface area (Å²) in [4.78, 5) is 18.7. The number of anilines is 1. The first-order valence-corrected chi connectivity index (χ1v) is 11.7. The molecule has 2 amide bonds. The summed E-state index contributed by atoms with van der Waals surface area (Å²) in [5.74, 6) is 0. The molecule has 2 aliphatic rings. The van der Waals surface area contributed by atoms with Gasteiger partial charge in [-0.05, 0) is 68.2 Å². The van der Waals surface area contributed by atoms with E-state index in [1.165, 1.54) is 12.8 Å². The van der Waals surface area contributed by atoms with Crippen molar-refractivity contribution in [3.05, 3.63) is 54.4 Å². The summed E-state index contributed by atoms with van der Waals surface area (Å²) in [6.07, 6.45) is 6.65. The number of urea groups is 1. The van der Waals surface area contributed by atoms with Crippen molar-refractivity contribution in [1.82, 2.24) is 19.5 Å². The van der Waals surface area contributed by atoms with Crippen molar-refractivity contribution in [3.8, 4) is 0 Å². The smallest absolute Gasteiger partial charge is 0.319 e. The average molecular weight is 430 g/mol. The third kappa shape index (κ3) is 4.80. The van der Waals surface area contributed by atoms with Crippen molar-refractivity contribution in [2.24, 2.45) is 0 Å². The number of hydrogen-bond acceptors (Lipinski definition) is 5. The monoisotopic (exact) mass is 429 g/mol. The molecule has 1 aromatic heterocycles. The lowest BCUT2D eigenvalue weighted by atomic mass is 10.2. The molecule has 1 atom stereocenters. The number of benzene rings is 1. The number of likely N-dealkylation sites (tertiary alicyclic amines) is 1. The Bertz CT molecular complexity index is 960. The van der Waals surface area contributed by atoms with Crippen LogP contribution < -0.4 is 10.6 Å². The minimum Gasteiger partial charge on any atom is -0.334 e. The Morgan fingerprint density at radius 1 is 1.10 bits per heavy atom. The van der Waals surface area contributed by atoms with E-state index in [0.717, 1.165) is 25.1 Å². The molecule has 0 aliphatic carbocycles.